The molecule has 4 heterocycles. The van der Waals surface area contributed by atoms with Gasteiger partial charge in [-0.05, 0) is 141 Å². The minimum absolute atomic E-state index is 0.0188. The number of hydrogen-bond donors (Lipinski definition) is 4. The van der Waals surface area contributed by atoms with Crippen molar-refractivity contribution in [3.05, 3.63) is 119 Å². The Balaban J connectivity index is 0.831. The van der Waals surface area contributed by atoms with Gasteiger partial charge in [-0.3, -0.25) is 24.6 Å². The van der Waals surface area contributed by atoms with Crippen LogP contribution < -0.4 is 25.6 Å². The summed E-state index contributed by atoms with van der Waals surface area (Å²) in [6, 6.07) is 25.6. The number of piperazine rings is 1. The standard InChI is InChI=1S/C58H72ClF3N8O8S3/c1-57(40-69-25-5-7-45(38-69)63-52-20-21-54(71)65-56(52)73)24-22-50(41-10-14-44(59)15-11-41)43(36-57)37-68-28-30-70(31-29-68)47-16-12-42(13-17-47)55(72)66-81(76,77)49-18-19-51(53(35-49)80(74,75)58(60,61)62)64-46(39-79-48-8-3-2-4-9-48)23-27-67-26-6-33-78-34-32-67/h2-4,8-19,35,45-46,52,63-64H,5-7,20-34,36-40H2,1H3,(H,66,72)(H,65,71,73)/t45?,46-,52?,57-/m1/s1. The Kier molecular flexibility index (Phi) is 19.9. The monoisotopic (exact) mass is 1200 g/mol. The molecule has 4 aromatic rings. The molecule has 5 aliphatic rings. The fourth-order valence-electron chi connectivity index (χ4n) is 11.7. The molecule has 16 nitrogen and oxygen atoms in total. The highest BCUT2D eigenvalue weighted by Crippen LogP contribution is 2.44. The number of amides is 3. The summed E-state index contributed by atoms with van der Waals surface area (Å²) in [5.41, 5.74) is -1.44. The van der Waals surface area contributed by atoms with Crippen molar-refractivity contribution < 1.29 is 49.1 Å². The summed E-state index contributed by atoms with van der Waals surface area (Å²) in [7, 11) is -11.0. The van der Waals surface area contributed by atoms with Crippen LogP contribution in [-0.4, -0.2) is 164 Å². The third kappa shape index (κ3) is 16.0. The van der Waals surface area contributed by atoms with Gasteiger partial charge in [0.15, 0.2) is 0 Å². The predicted molar refractivity (Wildman–Crippen MR) is 310 cm³/mol. The highest BCUT2D eigenvalue weighted by Gasteiger charge is 2.49. The third-order valence-electron chi connectivity index (χ3n) is 16.1. The molecule has 4 aromatic carbocycles. The van der Waals surface area contributed by atoms with Crippen LogP contribution in [0.4, 0.5) is 24.5 Å². The van der Waals surface area contributed by atoms with Crippen molar-refractivity contribution in [3.8, 4) is 0 Å². The molecule has 4 fully saturated rings. The molecule has 0 radical (unpaired) electrons. The number of imide groups is 1. The molecule has 0 saturated carbocycles. The van der Waals surface area contributed by atoms with E-state index in [0.29, 0.717) is 75.5 Å². The molecular formula is C58H72ClF3N8O8S3. The number of alkyl halides is 3. The van der Waals surface area contributed by atoms with Crippen LogP contribution in [0.15, 0.2) is 117 Å². The lowest BCUT2D eigenvalue weighted by atomic mass is 9.71. The van der Waals surface area contributed by atoms with Gasteiger partial charge in [0.05, 0.1) is 23.2 Å². The van der Waals surface area contributed by atoms with Crippen molar-refractivity contribution in [2.24, 2.45) is 5.41 Å². The summed E-state index contributed by atoms with van der Waals surface area (Å²) < 4.78 is 104. The number of likely N-dealkylation sites (tertiary alicyclic amines) is 1. The molecule has 0 spiro atoms. The van der Waals surface area contributed by atoms with Gasteiger partial charge in [0, 0.05) is 117 Å². The molecule has 9 rings (SSSR count). The van der Waals surface area contributed by atoms with Gasteiger partial charge in [-0.2, -0.15) is 13.2 Å². The molecule has 4 saturated heterocycles. The largest absolute Gasteiger partial charge is 0.501 e. The Morgan fingerprint density at radius 2 is 1.59 bits per heavy atom. The number of carbonyl (C=O) groups is 3. The maximum Gasteiger partial charge on any atom is 0.501 e. The zero-order chi connectivity index (χ0) is 57.4. The number of halogens is 4. The summed E-state index contributed by atoms with van der Waals surface area (Å²) in [5.74, 6) is -1.14. The Morgan fingerprint density at radius 3 is 2.32 bits per heavy atom. The fourth-order valence-corrected chi connectivity index (χ4v) is 14.9. The zero-order valence-corrected chi connectivity index (χ0v) is 48.7. The topological polar surface area (TPSA) is 190 Å². The Hall–Kier alpha value is -5.04. The van der Waals surface area contributed by atoms with E-state index in [9.17, 15) is 44.4 Å². The summed E-state index contributed by atoms with van der Waals surface area (Å²) in [6.45, 7) is 12.0. The van der Waals surface area contributed by atoms with E-state index in [1.807, 2.05) is 47.2 Å². The van der Waals surface area contributed by atoms with Crippen molar-refractivity contribution in [2.75, 3.05) is 101 Å². The molecule has 0 aromatic heterocycles. The smallest absolute Gasteiger partial charge is 0.380 e. The maximum absolute atomic E-state index is 14.3. The van der Waals surface area contributed by atoms with Crippen LogP contribution >= 0.6 is 23.4 Å². The van der Waals surface area contributed by atoms with Gasteiger partial charge >= 0.3 is 5.51 Å². The normalized spacial score (nSPS) is 22.7. The SMILES string of the molecule is C[C@@]1(CN2CCCC(NC3CCC(=O)NC3=O)C2)CCC(c2ccc(Cl)cc2)=C(CN2CCN(c3ccc(C(=O)NS(=O)(=O)c4ccc(N[C@H](CCN5CCCOCC5)CSc5ccccc5)c(S(=O)(=O)C(F)(F)F)c4)cc3)CC2)C1. The lowest BCUT2D eigenvalue weighted by Gasteiger charge is -2.44. The molecule has 4 N–H and O–H groups in total. The van der Waals surface area contributed by atoms with Gasteiger partial charge in [0.1, 0.15) is 4.90 Å². The molecule has 81 heavy (non-hydrogen) atoms. The second kappa shape index (κ2) is 26.7. The number of anilines is 2. The van der Waals surface area contributed by atoms with Crippen LogP contribution in [0, 0.1) is 5.41 Å². The van der Waals surface area contributed by atoms with Crippen LogP contribution in [-0.2, 0) is 34.2 Å². The van der Waals surface area contributed by atoms with E-state index < -0.39 is 52.8 Å². The highest BCUT2D eigenvalue weighted by atomic mass is 35.5. The first kappa shape index (κ1) is 60.5. The first-order valence-corrected chi connectivity index (χ1v) is 32.2. The van der Waals surface area contributed by atoms with Crippen molar-refractivity contribution in [2.45, 2.75) is 103 Å². The van der Waals surface area contributed by atoms with Crippen molar-refractivity contribution in [3.63, 3.8) is 0 Å². The number of sulfone groups is 1. The second-order valence-corrected chi connectivity index (χ2v) is 27.4. The molecule has 23 heteroatoms. The van der Waals surface area contributed by atoms with E-state index in [0.717, 1.165) is 107 Å². The van der Waals surface area contributed by atoms with Crippen molar-refractivity contribution in [1.29, 1.82) is 0 Å². The number of nitrogens with zero attached hydrogens (tertiary/aromatic N) is 4. The first-order chi connectivity index (χ1) is 38.7. The van der Waals surface area contributed by atoms with Gasteiger partial charge in [0.25, 0.3) is 25.8 Å². The fraction of sp³-hybridized carbons (Fsp3) is 0.500. The number of nitrogens with one attached hydrogen (secondary N) is 4. The van der Waals surface area contributed by atoms with Gasteiger partial charge in [-0.15, -0.1) is 11.8 Å². The quantitative estimate of drug-likeness (QED) is 0.0491. The van der Waals surface area contributed by atoms with Gasteiger partial charge in [0.2, 0.25) is 11.8 Å². The van der Waals surface area contributed by atoms with Crippen LogP contribution in [0.2, 0.25) is 5.02 Å². The zero-order valence-electron chi connectivity index (χ0n) is 45.5. The van der Waals surface area contributed by atoms with Crippen LogP contribution in [0.5, 0.6) is 0 Å². The number of sulfonamides is 1. The minimum atomic E-state index is -6.09. The van der Waals surface area contributed by atoms with Crippen LogP contribution in [0.25, 0.3) is 5.57 Å². The minimum Gasteiger partial charge on any atom is -0.380 e. The number of allylic oxidation sites excluding steroid dienone is 1. The lowest BCUT2D eigenvalue weighted by Crippen LogP contribution is -2.57. The first-order valence-electron chi connectivity index (χ1n) is 27.8. The van der Waals surface area contributed by atoms with E-state index in [1.165, 1.54) is 40.6 Å². The van der Waals surface area contributed by atoms with E-state index in [1.54, 1.807) is 12.1 Å². The Morgan fingerprint density at radius 1 is 0.852 bits per heavy atom. The summed E-state index contributed by atoms with van der Waals surface area (Å²) in [4.78, 5) is 46.0. The molecule has 2 unspecified atom stereocenters. The maximum atomic E-state index is 14.3. The number of carbonyl (C=O) groups excluding carboxylic acids is 3. The Labute approximate surface area is 482 Å². The molecule has 4 aliphatic heterocycles. The van der Waals surface area contributed by atoms with Crippen molar-refractivity contribution in [1.82, 2.24) is 30.1 Å². The van der Waals surface area contributed by atoms with E-state index >= 15 is 0 Å². The van der Waals surface area contributed by atoms with E-state index in [2.05, 4.69) is 54.6 Å². The highest BCUT2D eigenvalue weighted by molar-refractivity contribution is 7.99. The number of hydrogen-bond acceptors (Lipinski definition) is 15. The average molecular weight is 1200 g/mol. The van der Waals surface area contributed by atoms with Crippen LogP contribution in [0.1, 0.15) is 80.6 Å². The second-order valence-electron chi connectivity index (χ2n) is 22.2. The van der Waals surface area contributed by atoms with Gasteiger partial charge in [-0.25, -0.2) is 21.6 Å². The van der Waals surface area contributed by atoms with Gasteiger partial charge < -0.3 is 30.1 Å². The van der Waals surface area contributed by atoms with Gasteiger partial charge in [-0.1, -0.05) is 54.4 Å². The molecular weight excluding hydrogens is 1130 g/mol. The summed E-state index contributed by atoms with van der Waals surface area (Å²) in [5, 5.41) is 9.72. The summed E-state index contributed by atoms with van der Waals surface area (Å²) >= 11 is 7.79. The number of benzene rings is 4. The molecule has 3 amide bonds. The van der Waals surface area contributed by atoms with Crippen LogP contribution in [0.3, 0.4) is 0 Å². The molecule has 438 valence electrons. The number of rotatable bonds is 20. The molecule has 4 atom stereocenters. The Bertz CT molecular complexity index is 3110. The molecule has 1 aliphatic carbocycles. The average Bonchev–Trinajstić information content (AvgIpc) is 3.90. The molecule has 0 bridgehead atoms. The number of piperidine rings is 2. The van der Waals surface area contributed by atoms with E-state index in [4.69, 9.17) is 16.3 Å². The van der Waals surface area contributed by atoms with E-state index in [-0.39, 0.29) is 34.9 Å². The predicted octanol–water partition coefficient (Wildman–Crippen LogP) is 8.06. The number of thioether (sulfide) groups is 1. The third-order valence-corrected chi connectivity index (χ3v) is 20.3. The number of ether oxygens (including phenoxy) is 1. The lowest BCUT2D eigenvalue weighted by molar-refractivity contribution is -0.135. The van der Waals surface area contributed by atoms with Crippen molar-refractivity contribution >= 4 is 77.9 Å². The summed E-state index contributed by atoms with van der Waals surface area (Å²) in [6.07, 6.45) is 6.98.